The van der Waals surface area contributed by atoms with E-state index in [-0.39, 0.29) is 17.7 Å². The van der Waals surface area contributed by atoms with Gasteiger partial charge >= 0.3 is 0 Å². The lowest BCUT2D eigenvalue weighted by atomic mass is 10.0. The molecule has 2 aliphatic rings. The van der Waals surface area contributed by atoms with Crippen molar-refractivity contribution >= 4 is 12.2 Å². The zero-order valence-electron chi connectivity index (χ0n) is 20.4. The highest BCUT2D eigenvalue weighted by Gasteiger charge is 2.44. The Kier molecular flexibility index (Phi) is 6.56. The average molecular weight is 486 g/mol. The number of aldehydes is 1. The molecule has 5 rings (SSSR count). The lowest BCUT2D eigenvalue weighted by Crippen LogP contribution is -2.35. The van der Waals surface area contributed by atoms with Crippen LogP contribution in [0.25, 0.3) is 16.8 Å². The van der Waals surface area contributed by atoms with Crippen LogP contribution in [0.1, 0.15) is 58.0 Å². The molecule has 1 aliphatic heterocycles. The van der Waals surface area contributed by atoms with Crippen LogP contribution in [-0.2, 0) is 0 Å². The number of piperidine rings is 1. The Labute approximate surface area is 210 Å². The van der Waals surface area contributed by atoms with Gasteiger partial charge in [-0.3, -0.25) is 14.6 Å². The Morgan fingerprint density at radius 3 is 2.67 bits per heavy atom. The van der Waals surface area contributed by atoms with Crippen LogP contribution in [-0.4, -0.2) is 57.0 Å². The number of pyridine rings is 1. The number of carbonyl (C=O) groups excluding carboxylic acids is 2. The first-order valence-electron chi connectivity index (χ1n) is 12.3. The van der Waals surface area contributed by atoms with E-state index >= 15 is 0 Å². The fourth-order valence-corrected chi connectivity index (χ4v) is 5.05. The predicted molar refractivity (Wildman–Crippen MR) is 137 cm³/mol. The smallest absolute Gasteiger partial charge is 0.255 e. The molecule has 1 aliphatic carbocycles. The van der Waals surface area contributed by atoms with Crippen molar-refractivity contribution in [2.75, 3.05) is 20.1 Å². The quantitative estimate of drug-likeness (QED) is 0.299. The molecule has 1 amide bonds. The van der Waals surface area contributed by atoms with E-state index in [0.717, 1.165) is 61.1 Å². The van der Waals surface area contributed by atoms with E-state index in [4.69, 9.17) is 11.6 Å². The van der Waals surface area contributed by atoms with Gasteiger partial charge in [-0.2, -0.15) is 5.10 Å². The van der Waals surface area contributed by atoms with Crippen LogP contribution in [0.5, 0.6) is 0 Å². The SMILES string of the molecule is CN(N)/C=C(\N)C1CC1c1c(C=O)cnn1-c1cccc(-c2cncc(C(=O)N3CCCCC3)c2)c1. The number of nitrogens with zero attached hydrogens (tertiary/aromatic N) is 5. The van der Waals surface area contributed by atoms with Gasteiger partial charge in [-0.1, -0.05) is 12.1 Å². The molecule has 9 nitrogen and oxygen atoms in total. The fourth-order valence-electron chi connectivity index (χ4n) is 5.05. The number of hydrazine groups is 1. The van der Waals surface area contributed by atoms with Crippen molar-refractivity contribution < 1.29 is 9.59 Å². The van der Waals surface area contributed by atoms with Crippen LogP contribution in [0.3, 0.4) is 0 Å². The van der Waals surface area contributed by atoms with Crippen molar-refractivity contribution in [3.05, 3.63) is 77.6 Å². The van der Waals surface area contributed by atoms with Gasteiger partial charge in [0.1, 0.15) is 0 Å². The Bertz CT molecular complexity index is 1310. The summed E-state index contributed by atoms with van der Waals surface area (Å²) < 4.78 is 1.81. The number of rotatable bonds is 7. The van der Waals surface area contributed by atoms with Crippen molar-refractivity contribution in [3.63, 3.8) is 0 Å². The van der Waals surface area contributed by atoms with E-state index < -0.39 is 0 Å². The van der Waals surface area contributed by atoms with Gasteiger partial charge in [0.25, 0.3) is 5.91 Å². The maximum Gasteiger partial charge on any atom is 0.255 e. The van der Waals surface area contributed by atoms with E-state index in [1.165, 1.54) is 11.4 Å². The Morgan fingerprint density at radius 1 is 1.11 bits per heavy atom. The molecule has 4 N–H and O–H groups in total. The third kappa shape index (κ3) is 4.74. The van der Waals surface area contributed by atoms with Crippen molar-refractivity contribution in [2.24, 2.45) is 17.5 Å². The third-order valence-corrected chi connectivity index (χ3v) is 6.94. The van der Waals surface area contributed by atoms with Crippen molar-refractivity contribution in [2.45, 2.75) is 31.6 Å². The van der Waals surface area contributed by atoms with Gasteiger partial charge in [-0.05, 0) is 49.4 Å². The van der Waals surface area contributed by atoms with Crippen LogP contribution in [0, 0.1) is 5.92 Å². The Balaban J connectivity index is 1.44. The number of allylic oxidation sites excluding steroid dienone is 1. The number of likely N-dealkylation sites (tertiary alicyclic amines) is 1. The van der Waals surface area contributed by atoms with Gasteiger partial charge in [0.05, 0.1) is 28.7 Å². The van der Waals surface area contributed by atoms with E-state index in [1.54, 1.807) is 31.8 Å². The first-order valence-corrected chi connectivity index (χ1v) is 12.3. The highest BCUT2D eigenvalue weighted by atomic mass is 16.2. The number of carbonyl (C=O) groups is 2. The molecule has 9 heteroatoms. The zero-order chi connectivity index (χ0) is 25.2. The maximum absolute atomic E-state index is 13.0. The van der Waals surface area contributed by atoms with E-state index in [2.05, 4.69) is 10.1 Å². The second-order valence-corrected chi connectivity index (χ2v) is 9.62. The molecule has 186 valence electrons. The van der Waals surface area contributed by atoms with Crippen LogP contribution >= 0.6 is 0 Å². The average Bonchev–Trinajstić information content (AvgIpc) is 3.59. The second-order valence-electron chi connectivity index (χ2n) is 9.62. The summed E-state index contributed by atoms with van der Waals surface area (Å²) in [6.07, 6.45) is 11.6. The van der Waals surface area contributed by atoms with Crippen LogP contribution in [0.4, 0.5) is 0 Å². The van der Waals surface area contributed by atoms with E-state index in [0.29, 0.717) is 16.8 Å². The van der Waals surface area contributed by atoms with Crippen molar-refractivity contribution in [1.82, 2.24) is 24.7 Å². The largest absolute Gasteiger partial charge is 0.401 e. The monoisotopic (exact) mass is 485 g/mol. The number of nitrogens with two attached hydrogens (primary N) is 2. The van der Waals surface area contributed by atoms with Crippen molar-refractivity contribution in [3.8, 4) is 16.8 Å². The van der Waals surface area contributed by atoms with Crippen LogP contribution in [0.2, 0.25) is 0 Å². The standard InChI is InChI=1S/C27H31N7O2/c1-32(29)16-25(28)23-12-24(23)26-21(17-35)15-31-34(26)22-7-5-6-18(11-22)19-10-20(14-30-13-19)27(36)33-8-3-2-4-9-33/h5-7,10-11,13-17,23-24H,2-4,8-9,12,28-29H2,1H3/b25-16-. The highest BCUT2D eigenvalue weighted by Crippen LogP contribution is 2.51. The number of hydrogen-bond acceptors (Lipinski definition) is 7. The minimum Gasteiger partial charge on any atom is -0.401 e. The number of amides is 1. The summed E-state index contributed by atoms with van der Waals surface area (Å²) in [6.45, 7) is 1.59. The molecule has 36 heavy (non-hydrogen) atoms. The molecular formula is C27H31N7O2. The molecule has 1 saturated carbocycles. The predicted octanol–water partition coefficient (Wildman–Crippen LogP) is 3.08. The molecule has 3 aromatic rings. The minimum absolute atomic E-state index is 0.0266. The highest BCUT2D eigenvalue weighted by molar-refractivity contribution is 5.95. The molecule has 2 atom stereocenters. The maximum atomic E-state index is 13.0. The van der Waals surface area contributed by atoms with Gasteiger partial charge in [-0.25, -0.2) is 10.5 Å². The molecular weight excluding hydrogens is 454 g/mol. The molecule has 2 fully saturated rings. The Hall–Kier alpha value is -3.98. The van der Waals surface area contributed by atoms with Gasteiger partial charge in [-0.15, -0.1) is 0 Å². The molecule has 2 aromatic heterocycles. The molecule has 0 radical (unpaired) electrons. The zero-order valence-corrected chi connectivity index (χ0v) is 20.4. The summed E-state index contributed by atoms with van der Waals surface area (Å²) in [7, 11) is 1.72. The second kappa shape index (κ2) is 9.94. The lowest BCUT2D eigenvalue weighted by Gasteiger charge is -2.26. The lowest BCUT2D eigenvalue weighted by molar-refractivity contribution is 0.0724. The first kappa shape index (κ1) is 23.7. The van der Waals surface area contributed by atoms with Crippen LogP contribution in [0.15, 0.2) is 60.8 Å². The molecule has 1 saturated heterocycles. The van der Waals surface area contributed by atoms with Gasteiger partial charge in [0, 0.05) is 61.8 Å². The summed E-state index contributed by atoms with van der Waals surface area (Å²) in [5, 5.41) is 5.96. The molecule has 3 heterocycles. The van der Waals surface area contributed by atoms with E-state index in [9.17, 15) is 9.59 Å². The van der Waals surface area contributed by atoms with E-state index in [1.807, 2.05) is 39.9 Å². The summed E-state index contributed by atoms with van der Waals surface area (Å²) in [5.74, 6) is 5.93. The Morgan fingerprint density at radius 2 is 1.92 bits per heavy atom. The van der Waals surface area contributed by atoms with Gasteiger partial charge < -0.3 is 15.6 Å². The molecule has 0 bridgehead atoms. The normalized spacial score (nSPS) is 19.7. The van der Waals surface area contributed by atoms with Crippen molar-refractivity contribution in [1.29, 1.82) is 0 Å². The molecule has 0 spiro atoms. The van der Waals surface area contributed by atoms with Crippen LogP contribution < -0.4 is 11.6 Å². The summed E-state index contributed by atoms with van der Waals surface area (Å²) in [6, 6.07) is 9.78. The summed E-state index contributed by atoms with van der Waals surface area (Å²) in [4.78, 5) is 31.1. The first-order chi connectivity index (χ1) is 17.5. The third-order valence-electron chi connectivity index (χ3n) is 6.94. The fraction of sp³-hybridized carbons (Fsp3) is 0.333. The summed E-state index contributed by atoms with van der Waals surface area (Å²) in [5.41, 5.74) is 11.5. The summed E-state index contributed by atoms with van der Waals surface area (Å²) >= 11 is 0. The number of hydrogen-bond donors (Lipinski definition) is 2. The number of benzene rings is 1. The van der Waals surface area contributed by atoms with Gasteiger partial charge in [0.2, 0.25) is 0 Å². The molecule has 1 aromatic carbocycles. The molecule has 2 unspecified atom stereocenters. The van der Waals surface area contributed by atoms with Gasteiger partial charge in [0.15, 0.2) is 6.29 Å². The number of aromatic nitrogens is 3. The minimum atomic E-state index is 0.0266. The topological polar surface area (TPSA) is 123 Å².